The van der Waals surface area contributed by atoms with Crippen LogP contribution >= 0.6 is 15.9 Å². The highest BCUT2D eigenvalue weighted by Crippen LogP contribution is 2.25. The number of terminal acetylenes is 1. The first-order valence-electron chi connectivity index (χ1n) is 4.24. The van der Waals surface area contributed by atoms with Crippen LogP contribution in [-0.4, -0.2) is 13.4 Å². The molecule has 74 valence electrons. The molecule has 1 rings (SSSR count). The lowest BCUT2D eigenvalue weighted by Gasteiger charge is -2.07. The van der Waals surface area contributed by atoms with E-state index in [1.54, 1.807) is 6.07 Å². The lowest BCUT2D eigenvalue weighted by Crippen LogP contribution is -2.02. The van der Waals surface area contributed by atoms with Crippen molar-refractivity contribution in [2.75, 3.05) is 13.4 Å². The van der Waals surface area contributed by atoms with E-state index >= 15 is 0 Å². The van der Waals surface area contributed by atoms with Crippen LogP contribution in [0.25, 0.3) is 0 Å². The molecule has 0 radical (unpaired) electrons. The van der Waals surface area contributed by atoms with E-state index in [2.05, 4.69) is 21.9 Å². The summed E-state index contributed by atoms with van der Waals surface area (Å²) in [5.41, 5.74) is 0.791. The fourth-order valence-electron chi connectivity index (χ4n) is 0.892. The van der Waals surface area contributed by atoms with Gasteiger partial charge >= 0.3 is 0 Å². The highest BCUT2D eigenvalue weighted by Gasteiger charge is 2.01. The maximum atomic E-state index is 5.36. The monoisotopic (exact) mass is 254 g/mol. The Morgan fingerprint density at radius 1 is 1.50 bits per heavy atom. The van der Waals surface area contributed by atoms with Gasteiger partial charge in [0.1, 0.15) is 5.75 Å². The zero-order valence-electron chi connectivity index (χ0n) is 7.92. The summed E-state index contributed by atoms with van der Waals surface area (Å²) in [6.45, 7) is 2.78. The first-order valence-corrected chi connectivity index (χ1v) is 5.04. The lowest BCUT2D eigenvalue weighted by atomic mass is 10.2. The van der Waals surface area contributed by atoms with Gasteiger partial charge in [-0.1, -0.05) is 5.92 Å². The molecule has 0 heterocycles. The van der Waals surface area contributed by atoms with Gasteiger partial charge in [0.25, 0.3) is 0 Å². The van der Waals surface area contributed by atoms with E-state index in [0.29, 0.717) is 12.4 Å². The van der Waals surface area contributed by atoms with Gasteiger partial charge in [-0.2, -0.15) is 0 Å². The Hall–Kier alpha value is -0.980. The Kier molecular flexibility index (Phi) is 4.51. The minimum Gasteiger partial charge on any atom is -0.466 e. The number of hydrogen-bond acceptors (Lipinski definition) is 2. The van der Waals surface area contributed by atoms with Crippen LogP contribution in [0.4, 0.5) is 0 Å². The topological polar surface area (TPSA) is 18.5 Å². The normalized spacial score (nSPS) is 9.50. The maximum absolute atomic E-state index is 5.36. The van der Waals surface area contributed by atoms with Crippen molar-refractivity contribution in [2.24, 2.45) is 0 Å². The van der Waals surface area contributed by atoms with Crippen molar-refractivity contribution in [1.82, 2.24) is 0 Å². The smallest absolute Gasteiger partial charge is 0.189 e. The number of benzene rings is 1. The SMILES string of the molecule is C#Cc1ccc(Br)c(OCOCC)c1. The van der Waals surface area contributed by atoms with Gasteiger partial charge in [-0.3, -0.25) is 0 Å². The molecule has 0 N–H and O–H groups in total. The third kappa shape index (κ3) is 3.06. The molecule has 0 saturated carbocycles. The van der Waals surface area contributed by atoms with E-state index < -0.39 is 0 Å². The first kappa shape index (κ1) is 11.1. The second-order valence-electron chi connectivity index (χ2n) is 2.54. The predicted molar refractivity (Wildman–Crippen MR) is 59.2 cm³/mol. The number of hydrogen-bond donors (Lipinski definition) is 0. The van der Waals surface area contributed by atoms with Crippen LogP contribution < -0.4 is 4.74 Å². The van der Waals surface area contributed by atoms with Gasteiger partial charge in [0, 0.05) is 12.2 Å². The van der Waals surface area contributed by atoms with Crippen molar-refractivity contribution in [3.63, 3.8) is 0 Å². The summed E-state index contributed by atoms with van der Waals surface area (Å²) >= 11 is 3.36. The standard InChI is InChI=1S/C11H11BrO2/c1-3-9-5-6-10(12)11(7-9)14-8-13-4-2/h1,5-7H,4,8H2,2H3. The summed E-state index contributed by atoms with van der Waals surface area (Å²) in [4.78, 5) is 0. The number of halogens is 1. The molecule has 0 spiro atoms. The van der Waals surface area contributed by atoms with Crippen LogP contribution in [0, 0.1) is 12.3 Å². The van der Waals surface area contributed by atoms with Gasteiger partial charge < -0.3 is 9.47 Å². The predicted octanol–water partition coefficient (Wildman–Crippen LogP) is 2.80. The van der Waals surface area contributed by atoms with Crippen molar-refractivity contribution in [3.8, 4) is 18.1 Å². The second kappa shape index (κ2) is 5.69. The van der Waals surface area contributed by atoms with Gasteiger partial charge in [-0.25, -0.2) is 0 Å². The molecule has 0 fully saturated rings. The molecule has 0 aromatic heterocycles. The Labute approximate surface area is 92.3 Å². The van der Waals surface area contributed by atoms with Crippen LogP contribution in [0.15, 0.2) is 22.7 Å². The summed E-state index contributed by atoms with van der Waals surface area (Å²) in [7, 11) is 0. The molecule has 0 bridgehead atoms. The molecule has 0 aliphatic heterocycles. The third-order valence-corrected chi connectivity index (χ3v) is 2.25. The fraction of sp³-hybridized carbons (Fsp3) is 0.273. The molecule has 1 aromatic rings. The largest absolute Gasteiger partial charge is 0.466 e. The fourth-order valence-corrected chi connectivity index (χ4v) is 1.25. The van der Waals surface area contributed by atoms with Crippen LogP contribution in [0.2, 0.25) is 0 Å². The molecule has 0 amide bonds. The van der Waals surface area contributed by atoms with Gasteiger partial charge in [0.2, 0.25) is 0 Å². The van der Waals surface area contributed by atoms with Crippen molar-refractivity contribution >= 4 is 15.9 Å². The Morgan fingerprint density at radius 3 is 2.93 bits per heavy atom. The summed E-state index contributed by atoms with van der Waals surface area (Å²) < 4.78 is 11.3. The maximum Gasteiger partial charge on any atom is 0.189 e. The minimum atomic E-state index is 0.239. The molecule has 0 saturated heterocycles. The zero-order chi connectivity index (χ0) is 10.4. The van der Waals surface area contributed by atoms with Crippen molar-refractivity contribution < 1.29 is 9.47 Å². The number of rotatable bonds is 4. The van der Waals surface area contributed by atoms with E-state index in [9.17, 15) is 0 Å². The average molecular weight is 255 g/mol. The molecule has 2 nitrogen and oxygen atoms in total. The molecule has 3 heteroatoms. The highest BCUT2D eigenvalue weighted by atomic mass is 79.9. The Morgan fingerprint density at radius 2 is 2.29 bits per heavy atom. The molecule has 0 aliphatic carbocycles. The lowest BCUT2D eigenvalue weighted by molar-refractivity contribution is 0.0219. The van der Waals surface area contributed by atoms with E-state index in [1.807, 2.05) is 19.1 Å². The summed E-state index contributed by atoms with van der Waals surface area (Å²) in [6, 6.07) is 5.50. The van der Waals surface area contributed by atoms with Crippen LogP contribution in [0.3, 0.4) is 0 Å². The van der Waals surface area contributed by atoms with Gasteiger partial charge in [-0.05, 0) is 41.1 Å². The minimum absolute atomic E-state index is 0.239. The zero-order valence-corrected chi connectivity index (χ0v) is 9.50. The number of ether oxygens (including phenoxy) is 2. The van der Waals surface area contributed by atoms with Gasteiger partial charge in [-0.15, -0.1) is 6.42 Å². The average Bonchev–Trinajstić information content (AvgIpc) is 2.21. The van der Waals surface area contributed by atoms with E-state index in [0.717, 1.165) is 10.0 Å². The first-order chi connectivity index (χ1) is 6.77. The third-order valence-electron chi connectivity index (χ3n) is 1.60. The molecular formula is C11H11BrO2. The van der Waals surface area contributed by atoms with Crippen molar-refractivity contribution in [3.05, 3.63) is 28.2 Å². The van der Waals surface area contributed by atoms with Gasteiger partial charge in [0.15, 0.2) is 6.79 Å². The van der Waals surface area contributed by atoms with Crippen molar-refractivity contribution in [1.29, 1.82) is 0 Å². The molecule has 1 aromatic carbocycles. The summed E-state index contributed by atoms with van der Waals surface area (Å²) in [5.74, 6) is 3.25. The van der Waals surface area contributed by atoms with E-state index in [1.165, 1.54) is 0 Å². The van der Waals surface area contributed by atoms with Crippen LogP contribution in [0.5, 0.6) is 5.75 Å². The van der Waals surface area contributed by atoms with Crippen LogP contribution in [-0.2, 0) is 4.74 Å². The Balaban J connectivity index is 2.70. The van der Waals surface area contributed by atoms with Gasteiger partial charge in [0.05, 0.1) is 4.47 Å². The molecule has 0 unspecified atom stereocenters. The summed E-state index contributed by atoms with van der Waals surface area (Å²) in [6.07, 6.45) is 5.27. The molecule has 14 heavy (non-hydrogen) atoms. The quantitative estimate of drug-likeness (QED) is 0.468. The van der Waals surface area contributed by atoms with E-state index in [4.69, 9.17) is 15.9 Å². The van der Waals surface area contributed by atoms with Crippen LogP contribution in [0.1, 0.15) is 12.5 Å². The molecule has 0 atom stereocenters. The van der Waals surface area contributed by atoms with Crippen molar-refractivity contribution in [2.45, 2.75) is 6.92 Å². The molecule has 0 aliphatic rings. The van der Waals surface area contributed by atoms with E-state index in [-0.39, 0.29) is 6.79 Å². The molecular weight excluding hydrogens is 244 g/mol. The Bertz CT molecular complexity index is 342. The summed E-state index contributed by atoms with van der Waals surface area (Å²) in [5, 5.41) is 0. The highest BCUT2D eigenvalue weighted by molar-refractivity contribution is 9.10. The second-order valence-corrected chi connectivity index (χ2v) is 3.40.